The molecule has 132 valence electrons. The van der Waals surface area contributed by atoms with E-state index in [0.29, 0.717) is 22.0 Å². The van der Waals surface area contributed by atoms with Crippen molar-refractivity contribution in [1.82, 2.24) is 4.98 Å². The molecule has 26 heavy (non-hydrogen) atoms. The number of hydrogen-bond acceptors (Lipinski definition) is 4. The van der Waals surface area contributed by atoms with Gasteiger partial charge in [0, 0.05) is 5.02 Å². The van der Waals surface area contributed by atoms with Crippen LogP contribution in [0, 0.1) is 0 Å². The molecule has 0 amide bonds. The zero-order chi connectivity index (χ0) is 18.7. The Bertz CT molecular complexity index is 946. The van der Waals surface area contributed by atoms with Gasteiger partial charge in [-0.2, -0.15) is 0 Å². The number of halogens is 1. The van der Waals surface area contributed by atoms with Crippen LogP contribution < -0.4 is 0 Å². The monoisotopic (exact) mass is 369 g/mol. The summed E-state index contributed by atoms with van der Waals surface area (Å²) in [4.78, 5) is 28.1. The molecule has 1 heterocycles. The van der Waals surface area contributed by atoms with E-state index in [2.05, 4.69) is 4.98 Å². The number of benzene rings is 2. The molecule has 0 saturated carbocycles. The third-order valence-electron chi connectivity index (χ3n) is 3.97. The number of aromatic amines is 1. The van der Waals surface area contributed by atoms with Crippen LogP contribution in [0.4, 0.5) is 0 Å². The van der Waals surface area contributed by atoms with E-state index in [4.69, 9.17) is 21.1 Å². The largest absolute Gasteiger partial charge is 0.465 e. The molecule has 0 aliphatic carbocycles. The van der Waals surface area contributed by atoms with E-state index >= 15 is 0 Å². The van der Waals surface area contributed by atoms with Gasteiger partial charge in [-0.3, -0.25) is 0 Å². The van der Waals surface area contributed by atoms with Crippen LogP contribution in [0.25, 0.3) is 22.5 Å². The lowest BCUT2D eigenvalue weighted by atomic mass is 10.0. The van der Waals surface area contributed by atoms with Crippen molar-refractivity contribution in [2.75, 3.05) is 14.2 Å². The molecular weight excluding hydrogens is 354 g/mol. The Balaban J connectivity index is 2.33. The lowest BCUT2D eigenvalue weighted by molar-refractivity contribution is 0.0558. The highest BCUT2D eigenvalue weighted by atomic mass is 35.5. The lowest BCUT2D eigenvalue weighted by Gasteiger charge is -2.06. The minimum Gasteiger partial charge on any atom is -0.465 e. The summed E-state index contributed by atoms with van der Waals surface area (Å²) >= 11 is 5.96. The van der Waals surface area contributed by atoms with Crippen LogP contribution in [0.15, 0.2) is 54.6 Å². The maximum Gasteiger partial charge on any atom is 0.340 e. The maximum absolute atomic E-state index is 12.5. The van der Waals surface area contributed by atoms with Crippen molar-refractivity contribution in [3.63, 3.8) is 0 Å². The van der Waals surface area contributed by atoms with Gasteiger partial charge in [0.2, 0.25) is 0 Å². The van der Waals surface area contributed by atoms with Crippen LogP contribution in [0.2, 0.25) is 5.02 Å². The summed E-state index contributed by atoms with van der Waals surface area (Å²) in [5, 5.41) is 0.566. The van der Waals surface area contributed by atoms with Crippen LogP contribution in [-0.2, 0) is 9.47 Å². The number of hydrogen-bond donors (Lipinski definition) is 1. The van der Waals surface area contributed by atoms with Gasteiger partial charge in [-0.15, -0.1) is 0 Å². The average molecular weight is 370 g/mol. The number of carbonyl (C=O) groups is 2. The molecule has 0 aliphatic heterocycles. The number of aromatic nitrogens is 1. The van der Waals surface area contributed by atoms with Crippen LogP contribution >= 0.6 is 11.6 Å². The molecule has 2 aromatic carbocycles. The highest BCUT2D eigenvalue weighted by molar-refractivity contribution is 6.30. The van der Waals surface area contributed by atoms with Crippen molar-refractivity contribution >= 4 is 23.5 Å². The van der Waals surface area contributed by atoms with E-state index < -0.39 is 11.9 Å². The fourth-order valence-corrected chi connectivity index (χ4v) is 2.89. The van der Waals surface area contributed by atoms with E-state index in [1.807, 2.05) is 30.3 Å². The van der Waals surface area contributed by atoms with Gasteiger partial charge < -0.3 is 14.5 Å². The Hall–Kier alpha value is -3.05. The number of ether oxygens (including phenoxy) is 2. The number of rotatable bonds is 4. The summed E-state index contributed by atoms with van der Waals surface area (Å²) in [6, 6.07) is 16.2. The summed E-state index contributed by atoms with van der Waals surface area (Å²) in [7, 11) is 2.54. The lowest BCUT2D eigenvalue weighted by Crippen LogP contribution is -2.11. The van der Waals surface area contributed by atoms with Crippen molar-refractivity contribution < 1.29 is 19.1 Å². The predicted molar refractivity (Wildman–Crippen MR) is 99.4 cm³/mol. The van der Waals surface area contributed by atoms with Gasteiger partial charge in [-0.05, 0) is 23.3 Å². The van der Waals surface area contributed by atoms with Gasteiger partial charge in [0.1, 0.15) is 11.1 Å². The van der Waals surface area contributed by atoms with E-state index in [1.165, 1.54) is 14.2 Å². The molecular formula is C20H16ClNO4. The number of esters is 2. The Morgan fingerprint density at radius 3 is 1.69 bits per heavy atom. The van der Waals surface area contributed by atoms with Crippen LogP contribution in [0.5, 0.6) is 0 Å². The average Bonchev–Trinajstić information content (AvgIpc) is 3.08. The highest BCUT2D eigenvalue weighted by Gasteiger charge is 2.30. The second-order valence-corrected chi connectivity index (χ2v) is 5.92. The molecule has 1 aromatic heterocycles. The number of carbonyl (C=O) groups excluding carboxylic acids is 2. The van der Waals surface area contributed by atoms with E-state index in [-0.39, 0.29) is 11.1 Å². The van der Waals surface area contributed by atoms with E-state index in [9.17, 15) is 9.59 Å². The molecule has 0 atom stereocenters. The fourth-order valence-electron chi connectivity index (χ4n) is 2.77. The first kappa shape index (κ1) is 17.8. The van der Waals surface area contributed by atoms with Gasteiger partial charge in [-0.25, -0.2) is 9.59 Å². The minimum atomic E-state index is -0.631. The van der Waals surface area contributed by atoms with Crippen LogP contribution in [-0.4, -0.2) is 31.1 Å². The maximum atomic E-state index is 12.5. The van der Waals surface area contributed by atoms with Gasteiger partial charge >= 0.3 is 11.9 Å². The Morgan fingerprint density at radius 1 is 0.769 bits per heavy atom. The zero-order valence-corrected chi connectivity index (χ0v) is 15.0. The fraction of sp³-hybridized carbons (Fsp3) is 0.100. The molecule has 5 nitrogen and oxygen atoms in total. The summed E-state index contributed by atoms with van der Waals surface area (Å²) < 4.78 is 9.83. The Labute approximate surface area is 155 Å². The molecule has 6 heteroatoms. The topological polar surface area (TPSA) is 68.4 Å². The summed E-state index contributed by atoms with van der Waals surface area (Å²) in [6.45, 7) is 0. The van der Waals surface area contributed by atoms with Gasteiger partial charge in [0.15, 0.2) is 0 Å². The SMILES string of the molecule is COC(=O)c1c(-c2ccccc2)[nH]c(-c2ccc(Cl)cc2)c1C(=O)OC. The molecule has 0 unspecified atom stereocenters. The first-order valence-electron chi connectivity index (χ1n) is 7.80. The summed E-state index contributed by atoms with van der Waals surface area (Å²) in [5.41, 5.74) is 2.66. The molecule has 0 aliphatic rings. The summed E-state index contributed by atoms with van der Waals surface area (Å²) in [5.74, 6) is -1.26. The van der Waals surface area contributed by atoms with Crippen molar-refractivity contribution in [1.29, 1.82) is 0 Å². The molecule has 1 N–H and O–H groups in total. The Kier molecular flexibility index (Phi) is 5.09. The second-order valence-electron chi connectivity index (χ2n) is 5.48. The van der Waals surface area contributed by atoms with Gasteiger partial charge in [0.05, 0.1) is 25.6 Å². The van der Waals surface area contributed by atoms with E-state index in [1.54, 1.807) is 24.3 Å². The first-order valence-corrected chi connectivity index (χ1v) is 8.18. The molecule has 3 aromatic rings. The predicted octanol–water partition coefficient (Wildman–Crippen LogP) is 4.58. The zero-order valence-electron chi connectivity index (χ0n) is 14.2. The summed E-state index contributed by atoms with van der Waals surface area (Å²) in [6.07, 6.45) is 0. The van der Waals surface area contributed by atoms with Crippen molar-refractivity contribution in [2.45, 2.75) is 0 Å². The number of nitrogens with one attached hydrogen (secondary N) is 1. The molecule has 0 spiro atoms. The smallest absolute Gasteiger partial charge is 0.340 e. The standard InChI is InChI=1S/C20H16ClNO4/c1-25-19(23)15-16(20(24)26-2)18(13-8-10-14(21)11-9-13)22-17(15)12-6-4-3-5-7-12/h3-11,22H,1-2H3. The quantitative estimate of drug-likeness (QED) is 0.684. The van der Waals surface area contributed by atoms with Crippen LogP contribution in [0.1, 0.15) is 20.7 Å². The van der Waals surface area contributed by atoms with Gasteiger partial charge in [-0.1, -0.05) is 54.1 Å². The normalized spacial score (nSPS) is 10.4. The first-order chi connectivity index (χ1) is 12.6. The third kappa shape index (κ3) is 3.21. The van der Waals surface area contributed by atoms with Crippen LogP contribution in [0.3, 0.4) is 0 Å². The molecule has 0 bridgehead atoms. The molecule has 3 rings (SSSR count). The minimum absolute atomic E-state index is 0.125. The molecule has 0 radical (unpaired) electrons. The molecule has 0 saturated heterocycles. The van der Waals surface area contributed by atoms with E-state index in [0.717, 1.165) is 5.56 Å². The Morgan fingerprint density at radius 2 is 1.23 bits per heavy atom. The number of H-pyrrole nitrogens is 1. The molecule has 0 fully saturated rings. The second kappa shape index (κ2) is 7.45. The van der Waals surface area contributed by atoms with Crippen molar-refractivity contribution in [3.8, 4) is 22.5 Å². The van der Waals surface area contributed by atoms with Gasteiger partial charge in [0.25, 0.3) is 0 Å². The third-order valence-corrected chi connectivity index (χ3v) is 4.23. The number of methoxy groups -OCH3 is 2. The highest BCUT2D eigenvalue weighted by Crippen LogP contribution is 2.35. The van der Waals surface area contributed by atoms with Crippen molar-refractivity contribution in [3.05, 3.63) is 70.7 Å². The van der Waals surface area contributed by atoms with Crippen molar-refractivity contribution in [2.24, 2.45) is 0 Å².